The second-order valence-corrected chi connectivity index (χ2v) is 11.1. The highest BCUT2D eigenvalue weighted by molar-refractivity contribution is 7.74. The Bertz CT molecular complexity index is 381. The smallest absolute Gasteiger partial charge is 0.329 e. The molecule has 1 N–H and O–H groups in total. The summed E-state index contributed by atoms with van der Waals surface area (Å²) in [5.74, 6) is 0. The molecule has 0 heterocycles. The normalized spacial score (nSPS) is 11.2. The van der Waals surface area contributed by atoms with Crippen molar-refractivity contribution in [1.82, 2.24) is 20.0 Å². The molecule has 0 saturated heterocycles. The molecule has 0 spiro atoms. The van der Waals surface area contributed by atoms with E-state index in [1.807, 2.05) is 0 Å². The van der Waals surface area contributed by atoms with Gasteiger partial charge >= 0.3 is 12.1 Å². The Morgan fingerprint density at radius 2 is 1.16 bits per heavy atom. The topological polar surface area (TPSA) is 55.9 Å². The van der Waals surface area contributed by atoms with Gasteiger partial charge in [0.15, 0.2) is 0 Å². The van der Waals surface area contributed by atoms with E-state index in [4.69, 9.17) is 0 Å². The monoisotopic (exact) mass is 375 g/mol. The quantitative estimate of drug-likeness (QED) is 0.452. The van der Waals surface area contributed by atoms with Gasteiger partial charge in [-0.2, -0.15) is 0 Å². The fourth-order valence-electron chi connectivity index (χ4n) is 2.71. The lowest BCUT2D eigenvalue weighted by molar-refractivity contribution is 0.172. The molecule has 0 atom stereocenters. The molecule has 0 rings (SSSR count). The van der Waals surface area contributed by atoms with E-state index in [9.17, 15) is 9.59 Å². The average molecular weight is 376 g/mol. The molecule has 6 nitrogen and oxygen atoms in total. The van der Waals surface area contributed by atoms with Crippen LogP contribution >= 0.6 is 7.41 Å². The summed E-state index contributed by atoms with van der Waals surface area (Å²) in [5.41, 5.74) is 2.94. The summed E-state index contributed by atoms with van der Waals surface area (Å²) in [5, 5.41) is 0. The van der Waals surface area contributed by atoms with Gasteiger partial charge in [-0.3, -0.25) is 0 Å². The van der Waals surface area contributed by atoms with E-state index in [0.717, 1.165) is 57.0 Å². The standard InChI is InChI=1S/C18H39N4O2P/c1-8-11-14-25(15-12-9-2,16-13-10-3)22(18(24)21(6)7)19-17(23)20(4)5/h8-16H2,1-7H3/p+1. The van der Waals surface area contributed by atoms with Crippen LogP contribution in [-0.2, 0) is 0 Å². The van der Waals surface area contributed by atoms with Gasteiger partial charge < -0.3 is 9.80 Å². The first kappa shape index (κ1) is 24.0. The van der Waals surface area contributed by atoms with Crippen molar-refractivity contribution in [1.29, 1.82) is 0 Å². The fourth-order valence-corrected chi connectivity index (χ4v) is 7.53. The van der Waals surface area contributed by atoms with E-state index in [-0.39, 0.29) is 12.1 Å². The Labute approximate surface area is 155 Å². The molecule has 4 amide bonds. The van der Waals surface area contributed by atoms with Gasteiger partial charge in [-0.25, -0.2) is 15.0 Å². The van der Waals surface area contributed by atoms with E-state index in [1.54, 1.807) is 37.9 Å². The van der Waals surface area contributed by atoms with E-state index in [0.29, 0.717) is 0 Å². The third-order valence-corrected chi connectivity index (χ3v) is 8.95. The maximum atomic E-state index is 13.0. The molecule has 0 fully saturated rings. The molecule has 0 aromatic carbocycles. The molecule has 0 radical (unpaired) electrons. The number of amides is 4. The Morgan fingerprint density at radius 3 is 1.44 bits per heavy atom. The first-order valence-electron chi connectivity index (χ1n) is 9.61. The highest BCUT2D eigenvalue weighted by Gasteiger charge is 2.48. The number of nitrogens with zero attached hydrogens (tertiary/aromatic N) is 3. The Kier molecular flexibility index (Phi) is 11.8. The minimum absolute atomic E-state index is 0.105. The van der Waals surface area contributed by atoms with E-state index in [1.165, 1.54) is 4.90 Å². The molecule has 0 aliphatic rings. The van der Waals surface area contributed by atoms with Crippen LogP contribution in [0.4, 0.5) is 9.59 Å². The molecule has 0 aliphatic heterocycles. The zero-order chi connectivity index (χ0) is 19.5. The third kappa shape index (κ3) is 7.81. The van der Waals surface area contributed by atoms with Crippen molar-refractivity contribution in [3.8, 4) is 0 Å². The summed E-state index contributed by atoms with van der Waals surface area (Å²) >= 11 is 0. The lowest BCUT2D eigenvalue weighted by Crippen LogP contribution is -2.53. The highest BCUT2D eigenvalue weighted by Crippen LogP contribution is 2.63. The number of hydrogen-bond acceptors (Lipinski definition) is 2. The molecular weight excluding hydrogens is 335 g/mol. The molecule has 25 heavy (non-hydrogen) atoms. The maximum Gasteiger partial charge on any atom is 0.370 e. The predicted molar refractivity (Wildman–Crippen MR) is 109 cm³/mol. The van der Waals surface area contributed by atoms with Gasteiger partial charge in [-0.1, -0.05) is 40.0 Å². The number of rotatable bonds is 10. The second-order valence-electron chi connectivity index (χ2n) is 7.13. The zero-order valence-corrected chi connectivity index (χ0v) is 18.4. The van der Waals surface area contributed by atoms with Gasteiger partial charge in [-0.15, -0.1) is 4.78 Å². The van der Waals surface area contributed by atoms with Crippen molar-refractivity contribution in [3.05, 3.63) is 0 Å². The van der Waals surface area contributed by atoms with Gasteiger partial charge in [0.1, 0.15) is 7.41 Å². The average Bonchev–Trinajstić information content (AvgIpc) is 2.58. The third-order valence-electron chi connectivity index (χ3n) is 4.38. The molecule has 0 bridgehead atoms. The summed E-state index contributed by atoms with van der Waals surface area (Å²) in [6.45, 7) is 6.56. The van der Waals surface area contributed by atoms with Crippen LogP contribution in [0.2, 0.25) is 0 Å². The molecule has 0 saturated carbocycles. The van der Waals surface area contributed by atoms with Crippen LogP contribution in [0.5, 0.6) is 0 Å². The molecule has 0 aliphatic carbocycles. The van der Waals surface area contributed by atoms with Gasteiger partial charge in [0, 0.05) is 28.2 Å². The molecule has 0 unspecified atom stereocenters. The van der Waals surface area contributed by atoms with Crippen molar-refractivity contribution in [2.24, 2.45) is 0 Å². The number of carbonyl (C=O) groups excluding carboxylic acids is 2. The highest BCUT2D eigenvalue weighted by atomic mass is 31.2. The van der Waals surface area contributed by atoms with E-state index < -0.39 is 7.41 Å². The number of hydrogen-bond donors (Lipinski definition) is 1. The number of nitrogens with one attached hydrogen (secondary N) is 1. The van der Waals surface area contributed by atoms with Gasteiger partial charge in [0.05, 0.1) is 18.5 Å². The van der Waals surface area contributed by atoms with Gasteiger partial charge in [0.25, 0.3) is 0 Å². The lowest BCUT2D eigenvalue weighted by Gasteiger charge is -2.38. The van der Waals surface area contributed by atoms with Crippen LogP contribution in [0.3, 0.4) is 0 Å². The van der Waals surface area contributed by atoms with Crippen molar-refractivity contribution in [2.45, 2.75) is 59.3 Å². The minimum atomic E-state index is -1.78. The van der Waals surface area contributed by atoms with Crippen molar-refractivity contribution >= 4 is 19.5 Å². The maximum absolute atomic E-state index is 13.0. The summed E-state index contributed by atoms with van der Waals surface area (Å²) in [6.07, 6.45) is 9.66. The Balaban J connectivity index is 5.85. The predicted octanol–water partition coefficient (Wildman–Crippen LogP) is 4.49. The van der Waals surface area contributed by atoms with Crippen LogP contribution in [0.15, 0.2) is 0 Å². The van der Waals surface area contributed by atoms with Gasteiger partial charge in [0.2, 0.25) is 0 Å². The van der Waals surface area contributed by atoms with Gasteiger partial charge in [-0.05, 0) is 19.3 Å². The van der Waals surface area contributed by atoms with Crippen LogP contribution < -0.4 is 5.43 Å². The van der Waals surface area contributed by atoms with E-state index >= 15 is 0 Å². The summed E-state index contributed by atoms with van der Waals surface area (Å²) < 4.78 is 1.75. The van der Waals surface area contributed by atoms with Crippen molar-refractivity contribution in [2.75, 3.05) is 46.7 Å². The minimum Gasteiger partial charge on any atom is -0.329 e. The van der Waals surface area contributed by atoms with Crippen LogP contribution in [0.1, 0.15) is 59.3 Å². The number of hydrazine groups is 1. The van der Waals surface area contributed by atoms with E-state index in [2.05, 4.69) is 26.2 Å². The van der Waals surface area contributed by atoms with Crippen LogP contribution in [0, 0.1) is 0 Å². The Hall–Kier alpha value is -1.03. The first-order valence-corrected chi connectivity index (χ1v) is 11.9. The summed E-state index contributed by atoms with van der Waals surface area (Å²) in [6, 6.07) is -0.337. The SMILES string of the molecule is CCCC[P+](CCCC)(CCCC)N(NC(=O)N(C)C)C(=O)N(C)C. The first-order chi connectivity index (χ1) is 11.8. The largest absolute Gasteiger partial charge is 0.370 e. The zero-order valence-electron chi connectivity index (χ0n) is 17.5. The lowest BCUT2D eigenvalue weighted by atomic mass is 10.4. The molecular formula is C18H40N4O2P+. The fraction of sp³-hybridized carbons (Fsp3) is 0.889. The number of urea groups is 2. The van der Waals surface area contributed by atoms with Crippen molar-refractivity contribution < 1.29 is 9.59 Å². The van der Waals surface area contributed by atoms with Crippen LogP contribution in [-0.4, -0.2) is 73.3 Å². The molecule has 148 valence electrons. The molecule has 0 aromatic rings. The summed E-state index contributed by atoms with van der Waals surface area (Å²) in [7, 11) is 5.15. The summed E-state index contributed by atoms with van der Waals surface area (Å²) in [4.78, 5) is 28.4. The second kappa shape index (κ2) is 12.3. The molecule has 7 heteroatoms. The number of unbranched alkanes of at least 4 members (excludes halogenated alkanes) is 3. The van der Waals surface area contributed by atoms with Crippen molar-refractivity contribution in [3.63, 3.8) is 0 Å². The number of carbonyl (C=O) groups is 2. The molecule has 0 aromatic heterocycles. The van der Waals surface area contributed by atoms with Crippen LogP contribution in [0.25, 0.3) is 0 Å². The Morgan fingerprint density at radius 1 is 0.760 bits per heavy atom.